The number of halogens is 2. The summed E-state index contributed by atoms with van der Waals surface area (Å²) >= 11 is 12.2. The summed E-state index contributed by atoms with van der Waals surface area (Å²) in [5.74, 6) is -0.958. The molecule has 4 rings (SSSR count). The molecule has 2 atom stereocenters. The number of ether oxygens (including phenoxy) is 2. The van der Waals surface area contributed by atoms with Gasteiger partial charge in [-0.15, -0.1) is 0 Å². The summed E-state index contributed by atoms with van der Waals surface area (Å²) in [5, 5.41) is 4.57. The number of imide groups is 1. The molecule has 0 aromatic heterocycles. The van der Waals surface area contributed by atoms with E-state index in [0.717, 1.165) is 4.90 Å². The molecule has 28 heavy (non-hydrogen) atoms. The number of nitrogens with zero attached hydrogens (tertiary/aromatic N) is 2. The lowest BCUT2D eigenvalue weighted by atomic mass is 9.93. The second-order valence-corrected chi connectivity index (χ2v) is 7.00. The zero-order valence-electron chi connectivity index (χ0n) is 14.8. The number of amides is 2. The smallest absolute Gasteiger partial charge is 0.279 e. The van der Waals surface area contributed by atoms with Crippen molar-refractivity contribution in [1.29, 1.82) is 0 Å². The van der Waals surface area contributed by atoms with Crippen LogP contribution in [0.4, 0.5) is 5.69 Å². The zero-order valence-corrected chi connectivity index (χ0v) is 16.3. The van der Waals surface area contributed by atoms with E-state index < -0.39 is 23.8 Å². The molecule has 2 aromatic carbocycles. The molecule has 2 amide bonds. The first kappa shape index (κ1) is 18.6. The summed E-state index contributed by atoms with van der Waals surface area (Å²) in [6, 6.07) is 9.64. The Kier molecular flexibility index (Phi) is 4.64. The van der Waals surface area contributed by atoms with Crippen LogP contribution in [-0.4, -0.2) is 37.8 Å². The summed E-state index contributed by atoms with van der Waals surface area (Å²) in [7, 11) is 3.02. The standard InChI is InChI=1S/C19H14Cl2N2O5/c1-26-10-4-6-14(27-2)11(8-10)16-15-17(28-22-16)19(25)23(18(15)24)13-7-9(20)3-5-12(13)21/h3-8,15,17H,1-2H3. The summed E-state index contributed by atoms with van der Waals surface area (Å²) in [6.07, 6.45) is -1.08. The predicted molar refractivity (Wildman–Crippen MR) is 103 cm³/mol. The van der Waals surface area contributed by atoms with E-state index in [9.17, 15) is 9.59 Å². The van der Waals surface area contributed by atoms with Gasteiger partial charge in [-0.05, 0) is 36.4 Å². The summed E-state index contributed by atoms with van der Waals surface area (Å²) in [5.41, 5.74) is 1.01. The predicted octanol–water partition coefficient (Wildman–Crippen LogP) is 3.30. The number of methoxy groups -OCH3 is 2. The van der Waals surface area contributed by atoms with Crippen LogP contribution in [0.25, 0.3) is 0 Å². The number of hydrogen-bond acceptors (Lipinski definition) is 6. The van der Waals surface area contributed by atoms with Crippen LogP contribution >= 0.6 is 23.2 Å². The van der Waals surface area contributed by atoms with Gasteiger partial charge in [0.2, 0.25) is 12.0 Å². The normalized spacial score (nSPS) is 20.7. The Bertz CT molecular complexity index is 1020. The number of oxime groups is 1. The van der Waals surface area contributed by atoms with Gasteiger partial charge in [0, 0.05) is 10.6 Å². The first-order chi connectivity index (χ1) is 13.5. The van der Waals surface area contributed by atoms with Gasteiger partial charge in [-0.1, -0.05) is 28.4 Å². The lowest BCUT2D eigenvalue weighted by Gasteiger charge is -2.17. The molecule has 2 aliphatic rings. The van der Waals surface area contributed by atoms with Gasteiger partial charge in [-0.2, -0.15) is 0 Å². The maximum atomic E-state index is 13.2. The van der Waals surface area contributed by atoms with Crippen molar-refractivity contribution in [3.63, 3.8) is 0 Å². The molecule has 0 aliphatic carbocycles. The lowest BCUT2D eigenvalue weighted by molar-refractivity contribution is -0.126. The molecule has 144 valence electrons. The molecule has 1 fully saturated rings. The van der Waals surface area contributed by atoms with Crippen LogP contribution in [0, 0.1) is 5.92 Å². The summed E-state index contributed by atoms with van der Waals surface area (Å²) in [6.45, 7) is 0. The van der Waals surface area contributed by atoms with E-state index in [4.69, 9.17) is 37.5 Å². The molecule has 2 unspecified atom stereocenters. The molecule has 2 aromatic rings. The van der Waals surface area contributed by atoms with E-state index in [2.05, 4.69) is 5.16 Å². The number of carbonyl (C=O) groups is 2. The molecule has 0 radical (unpaired) electrons. The summed E-state index contributed by atoms with van der Waals surface area (Å²) in [4.78, 5) is 32.4. The van der Waals surface area contributed by atoms with Crippen molar-refractivity contribution in [3.8, 4) is 11.5 Å². The Morgan fingerprint density at radius 3 is 2.54 bits per heavy atom. The monoisotopic (exact) mass is 420 g/mol. The van der Waals surface area contributed by atoms with E-state index in [-0.39, 0.29) is 10.7 Å². The second kappa shape index (κ2) is 7.00. The largest absolute Gasteiger partial charge is 0.497 e. The van der Waals surface area contributed by atoms with Crippen LogP contribution < -0.4 is 14.4 Å². The second-order valence-electron chi connectivity index (χ2n) is 6.15. The first-order valence-electron chi connectivity index (χ1n) is 8.25. The molecular formula is C19H14Cl2N2O5. The maximum Gasteiger partial charge on any atom is 0.279 e. The Labute approximate surface area is 170 Å². The fourth-order valence-corrected chi connectivity index (χ4v) is 3.68. The Balaban J connectivity index is 1.77. The number of fused-ring (bicyclic) bond motifs is 1. The van der Waals surface area contributed by atoms with Gasteiger partial charge < -0.3 is 14.3 Å². The van der Waals surface area contributed by atoms with E-state index in [0.29, 0.717) is 27.8 Å². The van der Waals surface area contributed by atoms with Gasteiger partial charge in [0.15, 0.2) is 0 Å². The molecule has 0 saturated carbocycles. The highest BCUT2D eigenvalue weighted by molar-refractivity contribution is 6.39. The minimum absolute atomic E-state index is 0.208. The number of anilines is 1. The summed E-state index contributed by atoms with van der Waals surface area (Å²) < 4.78 is 10.6. The maximum absolute atomic E-state index is 13.2. The highest BCUT2D eigenvalue weighted by atomic mass is 35.5. The highest BCUT2D eigenvalue weighted by Crippen LogP contribution is 2.40. The van der Waals surface area contributed by atoms with E-state index in [1.807, 2.05) is 0 Å². The van der Waals surface area contributed by atoms with Gasteiger partial charge in [-0.25, -0.2) is 4.90 Å². The van der Waals surface area contributed by atoms with Crippen molar-refractivity contribution in [2.75, 3.05) is 19.1 Å². The van der Waals surface area contributed by atoms with Crippen LogP contribution in [0.15, 0.2) is 41.6 Å². The molecule has 0 bridgehead atoms. The van der Waals surface area contributed by atoms with E-state index >= 15 is 0 Å². The van der Waals surface area contributed by atoms with Crippen LogP contribution in [0.2, 0.25) is 10.0 Å². The molecular weight excluding hydrogens is 407 g/mol. The third kappa shape index (κ3) is 2.78. The van der Waals surface area contributed by atoms with Crippen LogP contribution in [0.5, 0.6) is 11.5 Å². The number of benzene rings is 2. The first-order valence-corrected chi connectivity index (χ1v) is 9.01. The van der Waals surface area contributed by atoms with Crippen molar-refractivity contribution < 1.29 is 23.9 Å². The van der Waals surface area contributed by atoms with Gasteiger partial charge in [0.05, 0.1) is 24.9 Å². The molecule has 0 N–H and O–H groups in total. The van der Waals surface area contributed by atoms with Gasteiger partial charge in [-0.3, -0.25) is 9.59 Å². The fourth-order valence-electron chi connectivity index (χ4n) is 3.31. The molecule has 2 heterocycles. The van der Waals surface area contributed by atoms with Crippen molar-refractivity contribution in [2.24, 2.45) is 11.1 Å². The molecule has 1 saturated heterocycles. The number of hydrogen-bond donors (Lipinski definition) is 0. The molecule has 2 aliphatic heterocycles. The zero-order chi connectivity index (χ0) is 20.0. The minimum Gasteiger partial charge on any atom is -0.497 e. The van der Waals surface area contributed by atoms with Crippen LogP contribution in [0.3, 0.4) is 0 Å². The fraction of sp³-hybridized carbons (Fsp3) is 0.211. The average Bonchev–Trinajstić information content (AvgIpc) is 3.24. The minimum atomic E-state index is -1.08. The molecule has 9 heteroatoms. The lowest BCUT2D eigenvalue weighted by Crippen LogP contribution is -2.33. The van der Waals surface area contributed by atoms with Crippen LogP contribution in [-0.2, 0) is 14.4 Å². The van der Waals surface area contributed by atoms with Gasteiger partial charge in [0.1, 0.15) is 23.1 Å². The third-order valence-corrected chi connectivity index (χ3v) is 5.20. The SMILES string of the molecule is COc1ccc(OC)c(C2=NOC3C(=O)N(c4cc(Cl)ccc4Cl)C(=O)C23)c1. The van der Waals surface area contributed by atoms with E-state index in [1.165, 1.54) is 26.4 Å². The Morgan fingerprint density at radius 2 is 1.82 bits per heavy atom. The van der Waals surface area contributed by atoms with Crippen LogP contribution in [0.1, 0.15) is 5.56 Å². The third-order valence-electron chi connectivity index (χ3n) is 4.64. The topological polar surface area (TPSA) is 77.4 Å². The Hall–Kier alpha value is -2.77. The van der Waals surface area contributed by atoms with Gasteiger partial charge in [0.25, 0.3) is 5.91 Å². The van der Waals surface area contributed by atoms with Crippen molar-refractivity contribution in [2.45, 2.75) is 6.10 Å². The van der Waals surface area contributed by atoms with Crippen molar-refractivity contribution in [1.82, 2.24) is 0 Å². The quantitative estimate of drug-likeness (QED) is 0.709. The number of rotatable bonds is 4. The number of carbonyl (C=O) groups excluding carboxylic acids is 2. The van der Waals surface area contributed by atoms with Crippen molar-refractivity contribution >= 4 is 46.4 Å². The van der Waals surface area contributed by atoms with E-state index in [1.54, 1.807) is 24.3 Å². The highest BCUT2D eigenvalue weighted by Gasteiger charge is 2.57. The average molecular weight is 421 g/mol. The Morgan fingerprint density at radius 1 is 1.04 bits per heavy atom. The van der Waals surface area contributed by atoms with Crippen molar-refractivity contribution in [3.05, 3.63) is 52.0 Å². The molecule has 7 nitrogen and oxygen atoms in total. The van der Waals surface area contributed by atoms with Gasteiger partial charge >= 0.3 is 0 Å². The molecule has 0 spiro atoms.